The Labute approximate surface area is 178 Å². The van der Waals surface area contributed by atoms with E-state index in [9.17, 15) is 9.59 Å². The van der Waals surface area contributed by atoms with Crippen LogP contribution in [-0.4, -0.2) is 28.6 Å². The average molecular weight is 432 g/mol. The van der Waals surface area contributed by atoms with Crippen LogP contribution in [0.3, 0.4) is 0 Å². The van der Waals surface area contributed by atoms with Crippen LogP contribution in [-0.2, 0) is 17.8 Å². The molecule has 1 N–H and O–H groups in total. The Morgan fingerprint density at radius 3 is 2.66 bits per heavy atom. The summed E-state index contributed by atoms with van der Waals surface area (Å²) in [6, 6.07) is 12.1. The fourth-order valence-electron chi connectivity index (χ4n) is 2.89. The third kappa shape index (κ3) is 4.96. The SMILES string of the molecule is COc1ccc(C(C)=O)cc1CC(=O)Nc1ccnn1Cc1cccc(Cl)c1Cl. The quantitative estimate of drug-likeness (QED) is 0.553. The average Bonchev–Trinajstić information content (AvgIpc) is 3.11. The molecule has 0 saturated carbocycles. The molecule has 1 heterocycles. The van der Waals surface area contributed by atoms with Gasteiger partial charge in [0.25, 0.3) is 0 Å². The van der Waals surface area contributed by atoms with Gasteiger partial charge in [-0.3, -0.25) is 9.59 Å². The van der Waals surface area contributed by atoms with Gasteiger partial charge in [0.05, 0.1) is 36.3 Å². The van der Waals surface area contributed by atoms with E-state index < -0.39 is 0 Å². The first-order valence-corrected chi connectivity index (χ1v) is 9.57. The normalized spacial score (nSPS) is 10.6. The van der Waals surface area contributed by atoms with Crippen molar-refractivity contribution in [3.8, 4) is 5.75 Å². The van der Waals surface area contributed by atoms with E-state index in [1.807, 2.05) is 6.07 Å². The lowest BCUT2D eigenvalue weighted by molar-refractivity contribution is -0.115. The number of rotatable bonds is 7. The molecule has 2 aromatic carbocycles. The van der Waals surface area contributed by atoms with Crippen molar-refractivity contribution in [3.05, 3.63) is 75.4 Å². The van der Waals surface area contributed by atoms with E-state index in [0.717, 1.165) is 5.56 Å². The molecule has 0 spiro atoms. The highest BCUT2D eigenvalue weighted by Crippen LogP contribution is 2.27. The zero-order valence-electron chi connectivity index (χ0n) is 15.9. The molecule has 0 aliphatic heterocycles. The lowest BCUT2D eigenvalue weighted by Crippen LogP contribution is -2.18. The van der Waals surface area contributed by atoms with Crippen LogP contribution < -0.4 is 10.1 Å². The molecule has 3 aromatic rings. The second kappa shape index (κ2) is 9.11. The van der Waals surface area contributed by atoms with Gasteiger partial charge in [-0.05, 0) is 36.8 Å². The highest BCUT2D eigenvalue weighted by atomic mass is 35.5. The van der Waals surface area contributed by atoms with Gasteiger partial charge in [0.1, 0.15) is 11.6 Å². The van der Waals surface area contributed by atoms with Crippen LogP contribution in [0.2, 0.25) is 10.0 Å². The first-order valence-electron chi connectivity index (χ1n) is 8.81. The molecule has 0 radical (unpaired) electrons. The molecule has 8 heteroatoms. The molecule has 3 rings (SSSR count). The molecule has 1 aromatic heterocycles. The van der Waals surface area contributed by atoms with E-state index in [-0.39, 0.29) is 18.1 Å². The minimum absolute atomic E-state index is 0.0490. The van der Waals surface area contributed by atoms with Gasteiger partial charge in [0.15, 0.2) is 5.78 Å². The molecule has 0 fully saturated rings. The summed E-state index contributed by atoms with van der Waals surface area (Å²) in [7, 11) is 1.52. The first-order chi connectivity index (χ1) is 13.9. The Hall–Kier alpha value is -2.83. The molecular weight excluding hydrogens is 413 g/mol. The Morgan fingerprint density at radius 1 is 1.14 bits per heavy atom. The number of benzene rings is 2. The Balaban J connectivity index is 1.76. The number of amides is 1. The van der Waals surface area contributed by atoms with Crippen LogP contribution in [0.5, 0.6) is 5.75 Å². The molecule has 0 unspecified atom stereocenters. The summed E-state index contributed by atoms with van der Waals surface area (Å²) in [5.74, 6) is 0.728. The van der Waals surface area contributed by atoms with Crippen molar-refractivity contribution in [1.82, 2.24) is 9.78 Å². The summed E-state index contributed by atoms with van der Waals surface area (Å²) >= 11 is 12.3. The topological polar surface area (TPSA) is 73.2 Å². The summed E-state index contributed by atoms with van der Waals surface area (Å²) in [6.07, 6.45) is 1.64. The second-order valence-electron chi connectivity index (χ2n) is 6.39. The van der Waals surface area contributed by atoms with Crippen molar-refractivity contribution >= 4 is 40.7 Å². The number of carbonyl (C=O) groups is 2. The van der Waals surface area contributed by atoms with Gasteiger partial charge < -0.3 is 10.1 Å². The van der Waals surface area contributed by atoms with E-state index in [1.54, 1.807) is 47.3 Å². The van der Waals surface area contributed by atoms with Crippen molar-refractivity contribution in [2.75, 3.05) is 12.4 Å². The smallest absolute Gasteiger partial charge is 0.230 e. The van der Waals surface area contributed by atoms with Crippen molar-refractivity contribution < 1.29 is 14.3 Å². The molecular formula is C21H19Cl2N3O3. The van der Waals surface area contributed by atoms with E-state index in [1.165, 1.54) is 14.0 Å². The van der Waals surface area contributed by atoms with Crippen LogP contribution >= 0.6 is 23.2 Å². The number of carbonyl (C=O) groups excluding carboxylic acids is 2. The maximum Gasteiger partial charge on any atom is 0.230 e. The van der Waals surface area contributed by atoms with Gasteiger partial charge in [-0.15, -0.1) is 0 Å². The highest BCUT2D eigenvalue weighted by molar-refractivity contribution is 6.42. The Bertz CT molecular complexity index is 1060. The number of Topliss-reactive ketones (excluding diaryl/α,β-unsaturated/α-hetero) is 1. The molecule has 0 aliphatic rings. The van der Waals surface area contributed by atoms with Gasteiger partial charge >= 0.3 is 0 Å². The summed E-state index contributed by atoms with van der Waals surface area (Å²) in [4.78, 5) is 24.3. The maximum absolute atomic E-state index is 12.6. The molecule has 29 heavy (non-hydrogen) atoms. The number of nitrogens with one attached hydrogen (secondary N) is 1. The number of methoxy groups -OCH3 is 1. The molecule has 150 valence electrons. The summed E-state index contributed by atoms with van der Waals surface area (Å²) in [6.45, 7) is 1.83. The molecule has 0 aliphatic carbocycles. The minimum Gasteiger partial charge on any atom is -0.496 e. The third-order valence-electron chi connectivity index (χ3n) is 4.37. The molecule has 6 nitrogen and oxygen atoms in total. The Morgan fingerprint density at radius 2 is 1.93 bits per heavy atom. The van der Waals surface area contributed by atoms with Gasteiger partial charge in [-0.1, -0.05) is 35.3 Å². The van der Waals surface area contributed by atoms with Gasteiger partial charge in [0, 0.05) is 17.2 Å². The van der Waals surface area contributed by atoms with E-state index in [4.69, 9.17) is 27.9 Å². The number of hydrogen-bond donors (Lipinski definition) is 1. The number of halogens is 2. The predicted octanol–water partition coefficient (Wildman–Crippen LogP) is 4.63. The van der Waals surface area contributed by atoms with Crippen LogP contribution in [0.4, 0.5) is 5.82 Å². The summed E-state index contributed by atoms with van der Waals surface area (Å²) < 4.78 is 6.93. The van der Waals surface area contributed by atoms with E-state index >= 15 is 0 Å². The first kappa shape index (κ1) is 20.9. The number of ether oxygens (including phenoxy) is 1. The zero-order valence-corrected chi connectivity index (χ0v) is 17.4. The molecule has 0 saturated heterocycles. The van der Waals surface area contributed by atoms with Crippen LogP contribution in [0.1, 0.15) is 28.4 Å². The van der Waals surface area contributed by atoms with Crippen LogP contribution in [0.25, 0.3) is 0 Å². The number of hydrogen-bond acceptors (Lipinski definition) is 4. The van der Waals surface area contributed by atoms with Crippen molar-refractivity contribution in [2.45, 2.75) is 19.9 Å². The maximum atomic E-state index is 12.6. The summed E-state index contributed by atoms with van der Waals surface area (Å²) in [5, 5.41) is 7.99. The fraction of sp³-hybridized carbons (Fsp3) is 0.190. The number of nitrogens with zero attached hydrogens (tertiary/aromatic N) is 2. The molecule has 1 amide bonds. The van der Waals surface area contributed by atoms with Crippen molar-refractivity contribution in [1.29, 1.82) is 0 Å². The largest absolute Gasteiger partial charge is 0.496 e. The van der Waals surface area contributed by atoms with Crippen LogP contribution in [0.15, 0.2) is 48.7 Å². The third-order valence-corrected chi connectivity index (χ3v) is 5.23. The van der Waals surface area contributed by atoms with Gasteiger partial charge in [0.2, 0.25) is 5.91 Å². The Kier molecular flexibility index (Phi) is 6.56. The van der Waals surface area contributed by atoms with Crippen molar-refractivity contribution in [2.24, 2.45) is 0 Å². The monoisotopic (exact) mass is 431 g/mol. The standard InChI is InChI=1S/C21H19Cl2N3O3/c1-13(27)14-6-7-18(29-2)16(10-14)11-20(28)25-19-8-9-24-26(19)12-15-4-3-5-17(22)21(15)23/h3-10H,11-12H2,1-2H3,(H,25,28). The van der Waals surface area contributed by atoms with Gasteiger partial charge in [-0.2, -0.15) is 5.10 Å². The highest BCUT2D eigenvalue weighted by Gasteiger charge is 2.14. The fourth-order valence-corrected chi connectivity index (χ4v) is 3.27. The summed E-state index contributed by atoms with van der Waals surface area (Å²) in [5.41, 5.74) is 1.94. The molecule has 0 atom stereocenters. The predicted molar refractivity (Wildman–Crippen MR) is 113 cm³/mol. The number of ketones is 1. The minimum atomic E-state index is -0.261. The lowest BCUT2D eigenvalue weighted by Gasteiger charge is -2.12. The second-order valence-corrected chi connectivity index (χ2v) is 7.18. The van der Waals surface area contributed by atoms with Crippen LogP contribution in [0, 0.1) is 0 Å². The molecule has 0 bridgehead atoms. The van der Waals surface area contributed by atoms with E-state index in [0.29, 0.717) is 39.3 Å². The van der Waals surface area contributed by atoms with Gasteiger partial charge in [-0.25, -0.2) is 4.68 Å². The van der Waals surface area contributed by atoms with Crippen molar-refractivity contribution in [3.63, 3.8) is 0 Å². The lowest BCUT2D eigenvalue weighted by atomic mass is 10.0. The number of aromatic nitrogens is 2. The van der Waals surface area contributed by atoms with E-state index in [2.05, 4.69) is 10.4 Å². The zero-order chi connectivity index (χ0) is 21.0. The number of anilines is 1.